The Morgan fingerprint density at radius 2 is 2.08 bits per heavy atom. The molecule has 0 radical (unpaired) electrons. The highest BCUT2D eigenvalue weighted by atomic mass is 19.3. The van der Waals surface area contributed by atoms with Crippen LogP contribution in [-0.2, 0) is 6.54 Å². The Balaban J connectivity index is 1.90. The molecule has 0 spiro atoms. The zero-order chi connectivity index (χ0) is 18.9. The van der Waals surface area contributed by atoms with Gasteiger partial charge in [-0.3, -0.25) is 4.99 Å². The SMILES string of the molecule is CCCN1CCC(NC(=NC)NCc2c(F)cccc2OC(F)F)CC1. The number of ether oxygens (including phenoxy) is 1. The van der Waals surface area contributed by atoms with Crippen molar-refractivity contribution in [3.63, 3.8) is 0 Å². The minimum absolute atomic E-state index is 0.00306. The molecule has 0 amide bonds. The van der Waals surface area contributed by atoms with Crippen molar-refractivity contribution in [2.45, 2.75) is 45.4 Å². The van der Waals surface area contributed by atoms with Crippen LogP contribution in [0.5, 0.6) is 5.75 Å². The third kappa shape index (κ3) is 6.09. The fourth-order valence-electron chi connectivity index (χ4n) is 3.09. The number of hydrogen-bond donors (Lipinski definition) is 2. The van der Waals surface area contributed by atoms with Crippen LogP contribution >= 0.6 is 0 Å². The maximum atomic E-state index is 14.0. The summed E-state index contributed by atoms with van der Waals surface area (Å²) in [5.74, 6) is -0.250. The number of halogens is 3. The first-order valence-corrected chi connectivity index (χ1v) is 8.95. The number of benzene rings is 1. The van der Waals surface area contributed by atoms with Crippen LogP contribution < -0.4 is 15.4 Å². The highest BCUT2D eigenvalue weighted by Crippen LogP contribution is 2.23. The van der Waals surface area contributed by atoms with E-state index in [0.717, 1.165) is 38.9 Å². The lowest BCUT2D eigenvalue weighted by Crippen LogP contribution is -2.48. The Labute approximate surface area is 152 Å². The number of nitrogens with zero attached hydrogens (tertiary/aromatic N) is 2. The number of aliphatic imine (C=N–C) groups is 1. The molecule has 146 valence electrons. The van der Waals surface area contributed by atoms with E-state index in [1.807, 2.05) is 0 Å². The molecule has 1 aliphatic rings. The van der Waals surface area contributed by atoms with Gasteiger partial charge in [0.1, 0.15) is 11.6 Å². The molecule has 0 saturated carbocycles. The van der Waals surface area contributed by atoms with E-state index in [1.165, 1.54) is 18.2 Å². The van der Waals surface area contributed by atoms with Gasteiger partial charge in [0.15, 0.2) is 5.96 Å². The second-order valence-corrected chi connectivity index (χ2v) is 6.28. The third-order valence-corrected chi connectivity index (χ3v) is 4.42. The quantitative estimate of drug-likeness (QED) is 0.571. The molecule has 8 heteroatoms. The first-order valence-electron chi connectivity index (χ1n) is 8.95. The number of alkyl halides is 2. The Morgan fingerprint density at radius 1 is 1.35 bits per heavy atom. The van der Waals surface area contributed by atoms with Crippen molar-refractivity contribution in [2.75, 3.05) is 26.7 Å². The summed E-state index contributed by atoms with van der Waals surface area (Å²) in [5.41, 5.74) is 0.0496. The van der Waals surface area contributed by atoms with Crippen molar-refractivity contribution in [2.24, 2.45) is 4.99 Å². The van der Waals surface area contributed by atoms with Gasteiger partial charge in [0.2, 0.25) is 0 Å². The van der Waals surface area contributed by atoms with Crippen LogP contribution in [-0.4, -0.2) is 50.2 Å². The van der Waals surface area contributed by atoms with Crippen LogP contribution in [0.2, 0.25) is 0 Å². The van der Waals surface area contributed by atoms with Gasteiger partial charge in [-0.15, -0.1) is 0 Å². The summed E-state index contributed by atoms with van der Waals surface area (Å²) in [6.45, 7) is 2.35. The van der Waals surface area contributed by atoms with Crippen LogP contribution in [0.1, 0.15) is 31.7 Å². The second kappa shape index (κ2) is 10.3. The van der Waals surface area contributed by atoms with Crippen LogP contribution in [0, 0.1) is 5.82 Å². The van der Waals surface area contributed by atoms with Crippen LogP contribution in [0.4, 0.5) is 13.2 Å². The van der Waals surface area contributed by atoms with Crippen LogP contribution in [0.25, 0.3) is 0 Å². The Morgan fingerprint density at radius 3 is 2.69 bits per heavy atom. The van der Waals surface area contributed by atoms with Gasteiger partial charge in [-0.1, -0.05) is 13.0 Å². The van der Waals surface area contributed by atoms with E-state index in [9.17, 15) is 13.2 Å². The maximum absolute atomic E-state index is 14.0. The smallest absolute Gasteiger partial charge is 0.387 e. The number of guanidine groups is 1. The number of likely N-dealkylation sites (tertiary alicyclic amines) is 1. The molecule has 26 heavy (non-hydrogen) atoms. The van der Waals surface area contributed by atoms with Gasteiger partial charge in [-0.05, 0) is 37.9 Å². The standard InChI is InChI=1S/C18H27F3N4O/c1-3-9-25-10-7-13(8-11-25)24-18(22-2)23-12-14-15(19)5-4-6-16(14)26-17(20)21/h4-6,13,17H,3,7-12H2,1-2H3,(H2,22,23,24). The number of nitrogens with one attached hydrogen (secondary N) is 2. The summed E-state index contributed by atoms with van der Waals surface area (Å²) in [5, 5.41) is 6.30. The molecule has 1 fully saturated rings. The minimum atomic E-state index is -3.00. The van der Waals surface area contributed by atoms with Gasteiger partial charge in [0.05, 0.1) is 0 Å². The molecule has 0 atom stereocenters. The van der Waals surface area contributed by atoms with E-state index in [4.69, 9.17) is 0 Å². The van der Waals surface area contributed by atoms with Crippen molar-refractivity contribution in [1.29, 1.82) is 0 Å². The highest BCUT2D eigenvalue weighted by molar-refractivity contribution is 5.80. The van der Waals surface area contributed by atoms with Crippen LogP contribution in [0.15, 0.2) is 23.2 Å². The molecule has 0 bridgehead atoms. The molecule has 2 rings (SSSR count). The lowest BCUT2D eigenvalue weighted by atomic mass is 10.1. The molecule has 5 nitrogen and oxygen atoms in total. The monoisotopic (exact) mass is 372 g/mol. The largest absolute Gasteiger partial charge is 0.434 e. The summed E-state index contributed by atoms with van der Waals surface area (Å²) in [6, 6.07) is 4.17. The average Bonchev–Trinajstić information content (AvgIpc) is 2.61. The Hall–Kier alpha value is -1.96. The summed E-state index contributed by atoms with van der Waals surface area (Å²) in [7, 11) is 1.62. The van der Waals surface area contributed by atoms with Gasteiger partial charge < -0.3 is 20.3 Å². The third-order valence-electron chi connectivity index (χ3n) is 4.42. The summed E-state index contributed by atoms with van der Waals surface area (Å²) >= 11 is 0. The predicted octanol–water partition coefficient (Wildman–Crippen LogP) is 2.97. The lowest BCUT2D eigenvalue weighted by molar-refractivity contribution is -0.0506. The van der Waals surface area contributed by atoms with Crippen molar-refractivity contribution >= 4 is 5.96 Å². The molecular formula is C18H27F3N4O. The van der Waals surface area contributed by atoms with Gasteiger partial charge in [0, 0.05) is 38.3 Å². The summed E-state index contributed by atoms with van der Waals surface area (Å²) in [6.07, 6.45) is 3.15. The molecule has 1 saturated heterocycles. The van der Waals surface area contributed by atoms with Gasteiger partial charge in [-0.2, -0.15) is 8.78 Å². The topological polar surface area (TPSA) is 48.9 Å². The van der Waals surface area contributed by atoms with Gasteiger partial charge >= 0.3 is 6.61 Å². The lowest BCUT2D eigenvalue weighted by Gasteiger charge is -2.32. The Bertz CT molecular complexity index is 590. The molecule has 1 aromatic rings. The van der Waals surface area contributed by atoms with Crippen molar-refractivity contribution in [3.8, 4) is 5.75 Å². The van der Waals surface area contributed by atoms with E-state index in [0.29, 0.717) is 5.96 Å². The molecule has 1 heterocycles. The zero-order valence-electron chi connectivity index (χ0n) is 15.3. The van der Waals surface area contributed by atoms with Crippen molar-refractivity contribution < 1.29 is 17.9 Å². The van der Waals surface area contributed by atoms with Gasteiger partial charge in [0.25, 0.3) is 0 Å². The molecule has 1 aromatic carbocycles. The summed E-state index contributed by atoms with van der Waals surface area (Å²) < 4.78 is 43.4. The Kier molecular flexibility index (Phi) is 8.03. The normalized spacial score (nSPS) is 16.8. The molecular weight excluding hydrogens is 345 g/mol. The number of piperidine rings is 1. The molecule has 0 unspecified atom stereocenters. The fraction of sp³-hybridized carbons (Fsp3) is 0.611. The summed E-state index contributed by atoms with van der Waals surface area (Å²) in [4.78, 5) is 6.57. The number of rotatable bonds is 7. The minimum Gasteiger partial charge on any atom is -0.434 e. The van der Waals surface area contributed by atoms with E-state index < -0.39 is 12.4 Å². The van der Waals surface area contributed by atoms with Crippen LogP contribution in [0.3, 0.4) is 0 Å². The van der Waals surface area contributed by atoms with E-state index >= 15 is 0 Å². The predicted molar refractivity (Wildman–Crippen MR) is 96.1 cm³/mol. The molecule has 0 aliphatic carbocycles. The van der Waals surface area contributed by atoms with Crippen molar-refractivity contribution in [1.82, 2.24) is 15.5 Å². The first-order chi connectivity index (χ1) is 12.5. The maximum Gasteiger partial charge on any atom is 0.387 e. The van der Waals surface area contributed by atoms with E-state index in [-0.39, 0.29) is 23.9 Å². The fourth-order valence-corrected chi connectivity index (χ4v) is 3.09. The molecule has 2 N–H and O–H groups in total. The van der Waals surface area contributed by atoms with Gasteiger partial charge in [-0.25, -0.2) is 4.39 Å². The van der Waals surface area contributed by atoms with E-state index in [2.05, 4.69) is 32.2 Å². The molecule has 0 aromatic heterocycles. The first kappa shape index (κ1) is 20.4. The van der Waals surface area contributed by atoms with E-state index in [1.54, 1.807) is 7.05 Å². The zero-order valence-corrected chi connectivity index (χ0v) is 15.3. The second-order valence-electron chi connectivity index (χ2n) is 6.28. The number of hydrogen-bond acceptors (Lipinski definition) is 3. The highest BCUT2D eigenvalue weighted by Gasteiger charge is 2.20. The molecule has 1 aliphatic heterocycles. The average molecular weight is 372 g/mol. The van der Waals surface area contributed by atoms with Crippen molar-refractivity contribution in [3.05, 3.63) is 29.6 Å².